The van der Waals surface area contributed by atoms with E-state index < -0.39 is 0 Å². The van der Waals surface area contributed by atoms with Crippen molar-refractivity contribution in [2.24, 2.45) is 0 Å². The molecule has 0 N–H and O–H groups in total. The molecule has 0 atom stereocenters. The van der Waals surface area contributed by atoms with E-state index >= 15 is 0 Å². The first-order valence-electron chi connectivity index (χ1n) is 8.11. The van der Waals surface area contributed by atoms with Crippen LogP contribution in [0.15, 0.2) is 53.4 Å². The molecular formula is C21H14N4O2S. The van der Waals surface area contributed by atoms with Crippen molar-refractivity contribution in [2.45, 2.75) is 0 Å². The Morgan fingerprint density at radius 1 is 0.964 bits per heavy atom. The van der Waals surface area contributed by atoms with E-state index in [1.807, 2.05) is 40.3 Å². The highest BCUT2D eigenvalue weighted by atomic mass is 32.1. The van der Waals surface area contributed by atoms with Crippen LogP contribution >= 0.6 is 11.3 Å². The number of nitriles is 3. The van der Waals surface area contributed by atoms with E-state index in [-0.39, 0.29) is 11.1 Å². The highest BCUT2D eigenvalue weighted by Gasteiger charge is 2.21. The van der Waals surface area contributed by atoms with Crippen LogP contribution < -0.4 is 9.47 Å². The first-order valence-corrected chi connectivity index (χ1v) is 8.99. The summed E-state index contributed by atoms with van der Waals surface area (Å²) in [6.07, 6.45) is 0. The Labute approximate surface area is 166 Å². The number of nitrogens with zero attached hydrogens (tertiary/aromatic N) is 4. The summed E-state index contributed by atoms with van der Waals surface area (Å²) < 4.78 is 12.6. The summed E-state index contributed by atoms with van der Waals surface area (Å²) in [4.78, 5) is 0.969. The SMILES string of the molecule is COc1ccc(-n2c(C(C#N)=C(C#N)C#N)ccc2-c2cccs2)c(OC)c1. The first-order chi connectivity index (χ1) is 13.7. The minimum absolute atomic E-state index is 0.00526. The second-order valence-corrected chi connectivity index (χ2v) is 6.49. The highest BCUT2D eigenvalue weighted by Crippen LogP contribution is 2.37. The van der Waals surface area contributed by atoms with Gasteiger partial charge in [0, 0.05) is 6.07 Å². The summed E-state index contributed by atoms with van der Waals surface area (Å²) in [5, 5.41) is 30.2. The fraction of sp³-hybridized carbons (Fsp3) is 0.0952. The molecule has 0 aliphatic carbocycles. The van der Waals surface area contributed by atoms with Gasteiger partial charge in [0.05, 0.1) is 36.2 Å². The third-order valence-corrected chi connectivity index (χ3v) is 5.02. The van der Waals surface area contributed by atoms with Crippen molar-refractivity contribution in [3.63, 3.8) is 0 Å². The Morgan fingerprint density at radius 3 is 2.32 bits per heavy atom. The summed E-state index contributed by atoms with van der Waals surface area (Å²) in [6.45, 7) is 0. The molecule has 6 nitrogen and oxygen atoms in total. The predicted molar refractivity (Wildman–Crippen MR) is 106 cm³/mol. The van der Waals surface area contributed by atoms with E-state index in [2.05, 4.69) is 0 Å². The molecule has 0 bridgehead atoms. The van der Waals surface area contributed by atoms with Crippen LogP contribution in [-0.2, 0) is 0 Å². The lowest BCUT2D eigenvalue weighted by molar-refractivity contribution is 0.393. The average molecular weight is 386 g/mol. The van der Waals surface area contributed by atoms with Crippen LogP contribution in [0.4, 0.5) is 0 Å². The van der Waals surface area contributed by atoms with Gasteiger partial charge in [0.2, 0.25) is 0 Å². The Balaban J connectivity index is 2.39. The standard InChI is InChI=1S/C21H14N4O2S/c1-26-15-5-6-18(20(10-15)27-2)25-17(16(13-24)14(11-22)12-23)7-8-19(25)21-4-3-9-28-21/h3-10H,1-2H3. The minimum Gasteiger partial charge on any atom is -0.497 e. The molecule has 0 saturated heterocycles. The molecule has 0 unspecified atom stereocenters. The van der Waals surface area contributed by atoms with Crippen LogP contribution in [0.5, 0.6) is 11.5 Å². The van der Waals surface area contributed by atoms with Crippen LogP contribution in [0.2, 0.25) is 0 Å². The second-order valence-electron chi connectivity index (χ2n) is 5.54. The number of hydrogen-bond donors (Lipinski definition) is 0. The molecule has 2 aromatic heterocycles. The lowest BCUT2D eigenvalue weighted by Gasteiger charge is -2.17. The molecule has 0 aliphatic heterocycles. The average Bonchev–Trinajstić information content (AvgIpc) is 3.41. The zero-order chi connectivity index (χ0) is 20.1. The summed E-state index contributed by atoms with van der Waals surface area (Å²) in [6, 6.07) is 18.4. The Hall–Kier alpha value is -3.99. The molecule has 3 aromatic rings. The van der Waals surface area contributed by atoms with E-state index in [1.165, 1.54) is 0 Å². The molecule has 0 spiro atoms. The van der Waals surface area contributed by atoms with Gasteiger partial charge in [0.25, 0.3) is 0 Å². The van der Waals surface area contributed by atoms with Gasteiger partial charge in [0.15, 0.2) is 0 Å². The monoisotopic (exact) mass is 386 g/mol. The molecule has 0 aliphatic rings. The number of methoxy groups -OCH3 is 2. The van der Waals surface area contributed by atoms with Crippen molar-refractivity contribution in [3.8, 4) is 46.0 Å². The number of benzene rings is 1. The number of hydrogen-bond acceptors (Lipinski definition) is 6. The zero-order valence-electron chi connectivity index (χ0n) is 15.1. The molecule has 0 amide bonds. The maximum atomic E-state index is 9.66. The van der Waals surface area contributed by atoms with Crippen LogP contribution in [-0.4, -0.2) is 18.8 Å². The highest BCUT2D eigenvalue weighted by molar-refractivity contribution is 7.13. The van der Waals surface area contributed by atoms with Gasteiger partial charge in [0.1, 0.15) is 40.9 Å². The fourth-order valence-corrected chi connectivity index (χ4v) is 3.60. The number of rotatable bonds is 5. The second kappa shape index (κ2) is 8.14. The lowest BCUT2D eigenvalue weighted by Crippen LogP contribution is -2.04. The predicted octanol–water partition coefficient (Wildman–Crippen LogP) is 4.55. The van der Waals surface area contributed by atoms with Crippen molar-refractivity contribution in [3.05, 3.63) is 59.1 Å². The summed E-state index contributed by atoms with van der Waals surface area (Å²) in [5.41, 5.74) is 1.68. The quantitative estimate of drug-likeness (QED) is 0.600. The van der Waals surface area contributed by atoms with Crippen LogP contribution in [0.1, 0.15) is 5.69 Å². The van der Waals surface area contributed by atoms with Gasteiger partial charge >= 0.3 is 0 Å². The maximum absolute atomic E-state index is 9.66. The van der Waals surface area contributed by atoms with Gasteiger partial charge in [-0.15, -0.1) is 11.3 Å². The van der Waals surface area contributed by atoms with Crippen molar-refractivity contribution in [1.82, 2.24) is 4.57 Å². The smallest absolute Gasteiger partial charge is 0.149 e. The van der Waals surface area contributed by atoms with Gasteiger partial charge in [-0.2, -0.15) is 15.8 Å². The zero-order valence-corrected chi connectivity index (χ0v) is 15.9. The minimum atomic E-state index is -0.243. The van der Waals surface area contributed by atoms with Gasteiger partial charge in [-0.1, -0.05) is 6.07 Å². The van der Waals surface area contributed by atoms with Gasteiger partial charge in [-0.25, -0.2) is 0 Å². The summed E-state index contributed by atoms with van der Waals surface area (Å²) in [5.74, 6) is 1.15. The Bertz CT molecular complexity index is 1150. The van der Waals surface area contributed by atoms with Crippen molar-refractivity contribution in [1.29, 1.82) is 15.8 Å². The molecular weight excluding hydrogens is 372 g/mol. The number of thiophene rings is 1. The molecule has 0 saturated carbocycles. The molecule has 7 heteroatoms. The molecule has 0 radical (unpaired) electrons. The summed E-state index contributed by atoms with van der Waals surface area (Å²) >= 11 is 1.54. The third kappa shape index (κ3) is 3.21. The van der Waals surface area contributed by atoms with Crippen molar-refractivity contribution < 1.29 is 9.47 Å². The molecule has 0 fully saturated rings. The van der Waals surface area contributed by atoms with Crippen LogP contribution in [0.3, 0.4) is 0 Å². The topological polar surface area (TPSA) is 94.8 Å². The van der Waals surface area contributed by atoms with E-state index in [1.54, 1.807) is 55.9 Å². The van der Waals surface area contributed by atoms with Gasteiger partial charge < -0.3 is 14.0 Å². The third-order valence-electron chi connectivity index (χ3n) is 4.12. The molecule has 3 rings (SSSR count). The number of aromatic nitrogens is 1. The molecule has 1 aromatic carbocycles. The van der Waals surface area contributed by atoms with E-state index in [9.17, 15) is 15.8 Å². The van der Waals surface area contributed by atoms with Crippen LogP contribution in [0, 0.1) is 34.0 Å². The van der Waals surface area contributed by atoms with E-state index in [0.717, 1.165) is 10.6 Å². The molecule has 136 valence electrons. The molecule has 28 heavy (non-hydrogen) atoms. The normalized spacial score (nSPS) is 9.68. The van der Waals surface area contributed by atoms with Crippen molar-refractivity contribution >= 4 is 16.9 Å². The van der Waals surface area contributed by atoms with E-state index in [4.69, 9.17) is 9.47 Å². The largest absolute Gasteiger partial charge is 0.497 e. The fourth-order valence-electron chi connectivity index (χ4n) is 2.86. The van der Waals surface area contributed by atoms with Crippen LogP contribution in [0.25, 0.3) is 21.8 Å². The maximum Gasteiger partial charge on any atom is 0.149 e. The molecule has 2 heterocycles. The number of allylic oxidation sites excluding steroid dienone is 2. The Morgan fingerprint density at radius 2 is 1.75 bits per heavy atom. The first kappa shape index (κ1) is 18.8. The summed E-state index contributed by atoms with van der Waals surface area (Å²) in [7, 11) is 3.11. The van der Waals surface area contributed by atoms with Gasteiger partial charge in [-0.05, 0) is 35.7 Å². The van der Waals surface area contributed by atoms with E-state index in [0.29, 0.717) is 22.9 Å². The van der Waals surface area contributed by atoms with Gasteiger partial charge in [-0.3, -0.25) is 0 Å². The lowest BCUT2D eigenvalue weighted by atomic mass is 10.1. The van der Waals surface area contributed by atoms with Crippen molar-refractivity contribution in [2.75, 3.05) is 14.2 Å². The Kier molecular flexibility index (Phi) is 5.46. The number of ether oxygens (including phenoxy) is 2.